The number of fused-ring (bicyclic) bond motifs is 1. The molecule has 1 saturated heterocycles. The normalized spacial score (nSPS) is 18.5. The molecule has 4 rings (SSSR count). The summed E-state index contributed by atoms with van der Waals surface area (Å²) in [5, 5.41) is 11.3. The molecule has 0 radical (unpaired) electrons. The van der Waals surface area contributed by atoms with Crippen LogP contribution in [0.25, 0.3) is 0 Å². The molecule has 2 aliphatic heterocycles. The van der Waals surface area contributed by atoms with Crippen LogP contribution < -0.4 is 15.5 Å². The molecule has 2 aromatic heterocycles. The Bertz CT molecular complexity index is 664. The van der Waals surface area contributed by atoms with Gasteiger partial charge in [-0.25, -0.2) is 4.98 Å². The lowest BCUT2D eigenvalue weighted by Crippen LogP contribution is -2.46. The SMILES string of the molecule is CCN1CCN(c2cccc(Nc3cc4n(n3)CCNC4)n2)CC1. The molecular weight excluding hydrogens is 302 g/mol. The van der Waals surface area contributed by atoms with E-state index in [0.29, 0.717) is 0 Å². The molecule has 0 aliphatic carbocycles. The molecule has 7 nitrogen and oxygen atoms in total. The summed E-state index contributed by atoms with van der Waals surface area (Å²) < 4.78 is 2.06. The number of nitrogens with one attached hydrogen (secondary N) is 2. The summed E-state index contributed by atoms with van der Waals surface area (Å²) in [7, 11) is 0. The first-order valence-corrected chi connectivity index (χ1v) is 8.80. The highest BCUT2D eigenvalue weighted by Crippen LogP contribution is 2.20. The Morgan fingerprint density at radius 3 is 2.79 bits per heavy atom. The minimum absolute atomic E-state index is 0.855. The van der Waals surface area contributed by atoms with Crippen LogP contribution in [-0.2, 0) is 13.1 Å². The largest absolute Gasteiger partial charge is 0.354 e. The first kappa shape index (κ1) is 15.4. The van der Waals surface area contributed by atoms with E-state index in [0.717, 1.165) is 69.8 Å². The molecular formula is C17H25N7. The lowest BCUT2D eigenvalue weighted by atomic mass is 10.3. The van der Waals surface area contributed by atoms with Crippen molar-refractivity contribution >= 4 is 17.5 Å². The molecule has 0 atom stereocenters. The maximum atomic E-state index is 4.78. The average molecular weight is 327 g/mol. The zero-order chi connectivity index (χ0) is 16.4. The zero-order valence-electron chi connectivity index (χ0n) is 14.2. The average Bonchev–Trinajstić information content (AvgIpc) is 3.04. The van der Waals surface area contributed by atoms with Crippen molar-refractivity contribution in [3.05, 3.63) is 30.0 Å². The van der Waals surface area contributed by atoms with Crippen molar-refractivity contribution in [3.8, 4) is 0 Å². The third-order valence-corrected chi connectivity index (χ3v) is 4.80. The maximum absolute atomic E-state index is 4.78. The van der Waals surface area contributed by atoms with Crippen molar-refractivity contribution < 1.29 is 0 Å². The minimum atomic E-state index is 0.855. The molecule has 2 aromatic rings. The molecule has 7 heteroatoms. The maximum Gasteiger partial charge on any atom is 0.153 e. The van der Waals surface area contributed by atoms with Gasteiger partial charge in [-0.15, -0.1) is 0 Å². The van der Waals surface area contributed by atoms with E-state index in [1.54, 1.807) is 0 Å². The van der Waals surface area contributed by atoms with Gasteiger partial charge in [0, 0.05) is 45.3 Å². The number of anilines is 3. The third kappa shape index (κ3) is 3.22. The van der Waals surface area contributed by atoms with Crippen molar-refractivity contribution in [2.75, 3.05) is 49.5 Å². The first-order valence-electron chi connectivity index (χ1n) is 8.80. The monoisotopic (exact) mass is 327 g/mol. The fourth-order valence-corrected chi connectivity index (χ4v) is 3.35. The summed E-state index contributed by atoms with van der Waals surface area (Å²) in [4.78, 5) is 9.62. The lowest BCUT2D eigenvalue weighted by Gasteiger charge is -2.34. The smallest absolute Gasteiger partial charge is 0.153 e. The molecule has 0 aromatic carbocycles. The molecule has 0 spiro atoms. The van der Waals surface area contributed by atoms with Crippen LogP contribution in [0.2, 0.25) is 0 Å². The summed E-state index contributed by atoms with van der Waals surface area (Å²) in [6, 6.07) is 8.26. The van der Waals surface area contributed by atoms with Crippen LogP contribution in [-0.4, -0.2) is 58.9 Å². The minimum Gasteiger partial charge on any atom is -0.354 e. The number of rotatable bonds is 4. The van der Waals surface area contributed by atoms with Gasteiger partial charge >= 0.3 is 0 Å². The summed E-state index contributed by atoms with van der Waals surface area (Å²) >= 11 is 0. The van der Waals surface area contributed by atoms with Gasteiger partial charge in [-0.3, -0.25) is 4.68 Å². The van der Waals surface area contributed by atoms with Gasteiger partial charge in [0.15, 0.2) is 5.82 Å². The quantitative estimate of drug-likeness (QED) is 0.882. The second kappa shape index (κ2) is 6.78. The second-order valence-electron chi connectivity index (χ2n) is 6.35. The summed E-state index contributed by atoms with van der Waals surface area (Å²) in [5.41, 5.74) is 1.22. The Morgan fingerprint density at radius 1 is 1.12 bits per heavy atom. The summed E-state index contributed by atoms with van der Waals surface area (Å²) in [5.74, 6) is 2.77. The third-order valence-electron chi connectivity index (χ3n) is 4.80. The Kier molecular flexibility index (Phi) is 4.36. The predicted molar refractivity (Wildman–Crippen MR) is 95.8 cm³/mol. The van der Waals surface area contributed by atoms with Crippen LogP contribution in [0, 0.1) is 0 Å². The topological polar surface area (TPSA) is 61.2 Å². The van der Waals surface area contributed by atoms with Crippen LogP contribution in [0.4, 0.5) is 17.5 Å². The Hall–Kier alpha value is -2.12. The molecule has 0 unspecified atom stereocenters. The van der Waals surface area contributed by atoms with Gasteiger partial charge in [0.1, 0.15) is 11.6 Å². The Balaban J connectivity index is 1.46. The molecule has 0 saturated carbocycles. The van der Waals surface area contributed by atoms with Gasteiger partial charge in [0.05, 0.1) is 12.2 Å². The van der Waals surface area contributed by atoms with Crippen LogP contribution in [0.3, 0.4) is 0 Å². The number of aromatic nitrogens is 3. The van der Waals surface area contributed by atoms with Crippen molar-refractivity contribution in [3.63, 3.8) is 0 Å². The van der Waals surface area contributed by atoms with E-state index in [2.05, 4.69) is 55.3 Å². The molecule has 4 heterocycles. The molecule has 2 aliphatic rings. The van der Waals surface area contributed by atoms with Crippen LogP contribution in [0.1, 0.15) is 12.6 Å². The Labute approximate surface area is 142 Å². The van der Waals surface area contributed by atoms with Gasteiger partial charge in [-0.2, -0.15) is 5.10 Å². The predicted octanol–water partition coefficient (Wildman–Crippen LogP) is 1.27. The Morgan fingerprint density at radius 2 is 2.00 bits per heavy atom. The van der Waals surface area contributed by atoms with Crippen LogP contribution in [0.5, 0.6) is 0 Å². The van der Waals surface area contributed by atoms with Gasteiger partial charge in [0.25, 0.3) is 0 Å². The molecule has 128 valence electrons. The van der Waals surface area contributed by atoms with Crippen LogP contribution in [0.15, 0.2) is 24.3 Å². The van der Waals surface area contributed by atoms with Gasteiger partial charge < -0.3 is 20.4 Å². The van der Waals surface area contributed by atoms with Crippen molar-refractivity contribution in [1.82, 2.24) is 25.0 Å². The standard InChI is InChI=1S/C17H25N7/c1-2-22-8-10-23(11-9-22)17-5-3-4-15(20-17)19-16-12-14-13-18-6-7-24(14)21-16/h3-5,12,18H,2,6-11,13H2,1H3,(H,19,20,21). The molecule has 0 amide bonds. The van der Waals surface area contributed by atoms with Gasteiger partial charge in [-0.05, 0) is 18.7 Å². The molecule has 0 bridgehead atoms. The molecule has 24 heavy (non-hydrogen) atoms. The van der Waals surface area contributed by atoms with E-state index >= 15 is 0 Å². The summed E-state index contributed by atoms with van der Waals surface area (Å²) in [6.45, 7) is 10.4. The van der Waals surface area contributed by atoms with Crippen LogP contribution >= 0.6 is 0 Å². The first-order chi connectivity index (χ1) is 11.8. The highest BCUT2D eigenvalue weighted by molar-refractivity contribution is 5.55. The number of hydrogen-bond donors (Lipinski definition) is 2. The van der Waals surface area contributed by atoms with Crippen molar-refractivity contribution in [2.45, 2.75) is 20.0 Å². The van der Waals surface area contributed by atoms with Gasteiger partial charge in [-0.1, -0.05) is 13.0 Å². The lowest BCUT2D eigenvalue weighted by molar-refractivity contribution is 0.270. The van der Waals surface area contributed by atoms with E-state index in [4.69, 9.17) is 4.98 Å². The number of hydrogen-bond acceptors (Lipinski definition) is 6. The number of piperazine rings is 1. The zero-order valence-corrected chi connectivity index (χ0v) is 14.2. The highest BCUT2D eigenvalue weighted by Gasteiger charge is 2.17. The van der Waals surface area contributed by atoms with E-state index in [9.17, 15) is 0 Å². The number of likely N-dealkylation sites (N-methyl/N-ethyl adjacent to an activating group) is 1. The fourth-order valence-electron chi connectivity index (χ4n) is 3.35. The number of nitrogens with zero attached hydrogens (tertiary/aromatic N) is 5. The van der Waals surface area contributed by atoms with Gasteiger partial charge in [0.2, 0.25) is 0 Å². The van der Waals surface area contributed by atoms with Crippen molar-refractivity contribution in [1.29, 1.82) is 0 Å². The van der Waals surface area contributed by atoms with E-state index in [1.165, 1.54) is 5.69 Å². The number of pyridine rings is 1. The van der Waals surface area contributed by atoms with E-state index < -0.39 is 0 Å². The summed E-state index contributed by atoms with van der Waals surface area (Å²) in [6.07, 6.45) is 0. The fraction of sp³-hybridized carbons (Fsp3) is 0.529. The molecule has 2 N–H and O–H groups in total. The second-order valence-corrected chi connectivity index (χ2v) is 6.35. The molecule has 1 fully saturated rings. The van der Waals surface area contributed by atoms with Crippen molar-refractivity contribution in [2.24, 2.45) is 0 Å². The van der Waals surface area contributed by atoms with E-state index in [-0.39, 0.29) is 0 Å². The highest BCUT2D eigenvalue weighted by atomic mass is 15.3. The van der Waals surface area contributed by atoms with E-state index in [1.807, 2.05) is 6.07 Å².